The van der Waals surface area contributed by atoms with Crippen LogP contribution in [0, 0.1) is 5.92 Å². The summed E-state index contributed by atoms with van der Waals surface area (Å²) >= 11 is 5.06. The summed E-state index contributed by atoms with van der Waals surface area (Å²) in [6.07, 6.45) is 2.69. The van der Waals surface area contributed by atoms with E-state index >= 15 is 0 Å². The second-order valence-corrected chi connectivity index (χ2v) is 8.03. The molecule has 0 bridgehead atoms. The van der Waals surface area contributed by atoms with Gasteiger partial charge in [-0.05, 0) is 54.1 Å². The van der Waals surface area contributed by atoms with Gasteiger partial charge < -0.3 is 10.2 Å². The summed E-state index contributed by atoms with van der Waals surface area (Å²) in [7, 11) is 0. The lowest BCUT2D eigenvalue weighted by atomic mass is 9.90. The average Bonchev–Trinajstić information content (AvgIpc) is 3.18. The second-order valence-electron chi connectivity index (χ2n) is 6.12. The first kappa shape index (κ1) is 15.0. The van der Waals surface area contributed by atoms with Crippen LogP contribution in [0.1, 0.15) is 38.0 Å². The predicted molar refractivity (Wildman–Crippen MR) is 85.9 cm³/mol. The molecule has 2 atom stereocenters. The monoisotopic (exact) mass is 370 g/mol. The van der Waals surface area contributed by atoms with Gasteiger partial charge in [-0.3, -0.25) is 9.59 Å². The molecule has 1 aliphatic heterocycles. The van der Waals surface area contributed by atoms with Crippen molar-refractivity contribution in [1.82, 2.24) is 10.2 Å². The average molecular weight is 371 g/mol. The Labute approximate surface area is 137 Å². The Morgan fingerprint density at radius 2 is 2.19 bits per heavy atom. The van der Waals surface area contributed by atoms with E-state index in [9.17, 15) is 9.59 Å². The summed E-state index contributed by atoms with van der Waals surface area (Å²) in [6.45, 7) is 4.29. The molecule has 3 rings (SSSR count). The van der Waals surface area contributed by atoms with Crippen LogP contribution in [0.15, 0.2) is 15.9 Å². The number of amides is 2. The van der Waals surface area contributed by atoms with E-state index in [1.54, 1.807) is 16.2 Å². The van der Waals surface area contributed by atoms with Crippen LogP contribution < -0.4 is 5.32 Å². The minimum atomic E-state index is -0.767. The number of thiophene rings is 1. The molecule has 21 heavy (non-hydrogen) atoms. The van der Waals surface area contributed by atoms with Crippen molar-refractivity contribution in [2.75, 3.05) is 0 Å². The normalized spacial score (nSPS) is 29.7. The molecule has 0 spiro atoms. The van der Waals surface area contributed by atoms with Crippen LogP contribution in [-0.2, 0) is 16.1 Å². The van der Waals surface area contributed by atoms with Gasteiger partial charge >= 0.3 is 0 Å². The SMILES string of the molecule is CCC1(C)NC(=O)C(C2CC2)N(Cc2cc(Br)cs2)C1=O. The maximum absolute atomic E-state index is 12.9. The third kappa shape index (κ3) is 2.75. The van der Waals surface area contributed by atoms with Gasteiger partial charge in [0.15, 0.2) is 0 Å². The highest BCUT2D eigenvalue weighted by molar-refractivity contribution is 9.10. The summed E-state index contributed by atoms with van der Waals surface area (Å²) in [5.41, 5.74) is -0.767. The van der Waals surface area contributed by atoms with Crippen LogP contribution in [-0.4, -0.2) is 28.3 Å². The van der Waals surface area contributed by atoms with Crippen LogP contribution in [0.3, 0.4) is 0 Å². The van der Waals surface area contributed by atoms with E-state index in [0.29, 0.717) is 18.9 Å². The quantitative estimate of drug-likeness (QED) is 0.885. The zero-order chi connectivity index (χ0) is 15.2. The number of nitrogens with zero attached hydrogens (tertiary/aromatic N) is 1. The number of carbonyl (C=O) groups is 2. The van der Waals surface area contributed by atoms with Gasteiger partial charge in [0, 0.05) is 14.7 Å². The summed E-state index contributed by atoms with van der Waals surface area (Å²) in [4.78, 5) is 28.3. The fraction of sp³-hybridized carbons (Fsp3) is 0.600. The fourth-order valence-corrected chi connectivity index (χ4v) is 4.33. The second kappa shape index (κ2) is 5.39. The third-order valence-corrected chi connectivity index (χ3v) is 6.14. The number of nitrogens with one attached hydrogen (secondary N) is 1. The predicted octanol–water partition coefficient (Wildman–Crippen LogP) is 2.92. The molecule has 0 radical (unpaired) electrons. The van der Waals surface area contributed by atoms with Crippen LogP contribution in [0.2, 0.25) is 0 Å². The molecule has 1 saturated carbocycles. The van der Waals surface area contributed by atoms with E-state index in [1.165, 1.54) is 0 Å². The van der Waals surface area contributed by atoms with Crippen LogP contribution in [0.5, 0.6) is 0 Å². The standard InChI is InChI=1S/C15H19BrN2O2S/c1-3-15(2)14(20)18(7-11-6-10(16)8-21-11)12(9-4-5-9)13(19)17-15/h6,8-9,12H,3-5,7H2,1-2H3,(H,17,19). The number of rotatable bonds is 4. The van der Waals surface area contributed by atoms with E-state index in [1.807, 2.05) is 25.3 Å². The molecule has 6 heteroatoms. The van der Waals surface area contributed by atoms with Gasteiger partial charge in [-0.2, -0.15) is 0 Å². The van der Waals surface area contributed by atoms with Gasteiger partial charge in [-0.25, -0.2) is 0 Å². The molecule has 0 aromatic carbocycles. The van der Waals surface area contributed by atoms with Crippen LogP contribution in [0.4, 0.5) is 0 Å². The zero-order valence-corrected chi connectivity index (χ0v) is 14.6. The van der Waals surface area contributed by atoms with Gasteiger partial charge in [-0.1, -0.05) is 6.92 Å². The van der Waals surface area contributed by atoms with Crippen molar-refractivity contribution >= 4 is 39.1 Å². The molecule has 2 unspecified atom stereocenters. The molecular weight excluding hydrogens is 352 g/mol. The van der Waals surface area contributed by atoms with Crippen molar-refractivity contribution in [2.45, 2.75) is 51.2 Å². The number of piperazine rings is 1. The topological polar surface area (TPSA) is 49.4 Å². The number of halogens is 1. The molecule has 1 aromatic rings. The van der Waals surface area contributed by atoms with Crippen LogP contribution >= 0.6 is 27.3 Å². The summed E-state index contributed by atoms with van der Waals surface area (Å²) in [5.74, 6) is 0.391. The number of hydrogen-bond donors (Lipinski definition) is 1. The van der Waals surface area contributed by atoms with Crippen molar-refractivity contribution in [1.29, 1.82) is 0 Å². The first-order chi connectivity index (χ1) is 9.94. The fourth-order valence-electron chi connectivity index (χ4n) is 2.88. The largest absolute Gasteiger partial charge is 0.340 e. The Kier molecular flexibility index (Phi) is 3.86. The molecule has 2 heterocycles. The smallest absolute Gasteiger partial charge is 0.249 e. The zero-order valence-electron chi connectivity index (χ0n) is 12.2. The summed E-state index contributed by atoms with van der Waals surface area (Å²) in [6, 6.07) is 1.73. The molecule has 1 aliphatic carbocycles. The minimum absolute atomic E-state index is 0.0112. The molecule has 114 valence electrons. The van der Waals surface area contributed by atoms with Crippen molar-refractivity contribution < 1.29 is 9.59 Å². The van der Waals surface area contributed by atoms with Gasteiger partial charge in [0.1, 0.15) is 11.6 Å². The Morgan fingerprint density at radius 1 is 1.48 bits per heavy atom. The maximum Gasteiger partial charge on any atom is 0.249 e. The number of hydrogen-bond acceptors (Lipinski definition) is 3. The van der Waals surface area contributed by atoms with Crippen molar-refractivity contribution in [3.8, 4) is 0 Å². The van der Waals surface area contributed by atoms with E-state index in [-0.39, 0.29) is 17.9 Å². The van der Waals surface area contributed by atoms with E-state index in [4.69, 9.17) is 0 Å². The highest BCUT2D eigenvalue weighted by Crippen LogP contribution is 2.39. The Morgan fingerprint density at radius 3 is 2.71 bits per heavy atom. The van der Waals surface area contributed by atoms with Gasteiger partial charge in [0.2, 0.25) is 11.8 Å². The van der Waals surface area contributed by atoms with Crippen molar-refractivity contribution in [3.05, 3.63) is 20.8 Å². The first-order valence-corrected chi connectivity index (χ1v) is 8.98. The van der Waals surface area contributed by atoms with Gasteiger partial charge in [0.25, 0.3) is 0 Å². The molecule has 2 aliphatic rings. The number of carbonyl (C=O) groups excluding carboxylic acids is 2. The lowest BCUT2D eigenvalue weighted by molar-refractivity contribution is -0.156. The highest BCUT2D eigenvalue weighted by atomic mass is 79.9. The first-order valence-electron chi connectivity index (χ1n) is 7.30. The summed E-state index contributed by atoms with van der Waals surface area (Å²) in [5, 5.41) is 4.96. The van der Waals surface area contributed by atoms with E-state index in [2.05, 4.69) is 21.2 Å². The van der Waals surface area contributed by atoms with E-state index in [0.717, 1.165) is 22.2 Å². The molecule has 2 amide bonds. The maximum atomic E-state index is 12.9. The molecule has 2 fully saturated rings. The summed E-state index contributed by atoms with van der Waals surface area (Å²) < 4.78 is 1.03. The minimum Gasteiger partial charge on any atom is -0.340 e. The molecule has 1 aromatic heterocycles. The molecular formula is C15H19BrN2O2S. The molecule has 4 nitrogen and oxygen atoms in total. The van der Waals surface area contributed by atoms with Gasteiger partial charge in [0.05, 0.1) is 6.54 Å². The third-order valence-electron chi connectivity index (χ3n) is 4.46. The Bertz CT molecular complexity index is 584. The molecule has 1 saturated heterocycles. The van der Waals surface area contributed by atoms with Gasteiger partial charge in [-0.15, -0.1) is 11.3 Å². The highest BCUT2D eigenvalue weighted by Gasteiger charge is 2.51. The van der Waals surface area contributed by atoms with E-state index < -0.39 is 5.54 Å². The van der Waals surface area contributed by atoms with Crippen molar-refractivity contribution in [3.63, 3.8) is 0 Å². The lowest BCUT2D eigenvalue weighted by Crippen LogP contribution is -2.69. The molecule has 1 N–H and O–H groups in total. The Hall–Kier alpha value is -0.880. The Balaban J connectivity index is 1.90. The van der Waals surface area contributed by atoms with Crippen molar-refractivity contribution in [2.24, 2.45) is 5.92 Å². The van der Waals surface area contributed by atoms with Crippen LogP contribution in [0.25, 0.3) is 0 Å². The lowest BCUT2D eigenvalue weighted by Gasteiger charge is -2.44.